The molecule has 0 saturated carbocycles. The van der Waals surface area contributed by atoms with Gasteiger partial charge in [-0.2, -0.15) is 0 Å². The van der Waals surface area contributed by atoms with Gasteiger partial charge in [-0.25, -0.2) is 0 Å². The predicted octanol–water partition coefficient (Wildman–Crippen LogP) is 3.61. The maximum Gasteiger partial charge on any atom is 0.225 e. The van der Waals surface area contributed by atoms with Crippen LogP contribution in [0.15, 0.2) is 24.3 Å². The van der Waals surface area contributed by atoms with Crippen LogP contribution in [-0.4, -0.2) is 41.9 Å². The Morgan fingerprint density at radius 2 is 1.65 bits per heavy atom. The molecule has 0 aromatic heterocycles. The molecule has 1 aromatic rings. The fourth-order valence-corrected chi connectivity index (χ4v) is 3.92. The molecule has 2 fully saturated rings. The minimum atomic E-state index is 0.265. The van der Waals surface area contributed by atoms with Crippen molar-refractivity contribution in [3.05, 3.63) is 35.4 Å². The van der Waals surface area contributed by atoms with Crippen LogP contribution in [0.5, 0.6) is 0 Å². The summed E-state index contributed by atoms with van der Waals surface area (Å²) in [6, 6.07) is 8.64. The van der Waals surface area contributed by atoms with Gasteiger partial charge in [-0.1, -0.05) is 37.1 Å². The van der Waals surface area contributed by atoms with Crippen molar-refractivity contribution < 1.29 is 4.79 Å². The Kier molecular flexibility index (Phi) is 5.71. The van der Waals surface area contributed by atoms with Gasteiger partial charge in [-0.05, 0) is 56.8 Å². The van der Waals surface area contributed by atoms with E-state index in [1.807, 2.05) is 0 Å². The van der Waals surface area contributed by atoms with Gasteiger partial charge in [0.2, 0.25) is 5.91 Å². The Morgan fingerprint density at radius 1 is 1.00 bits per heavy atom. The zero-order valence-electron chi connectivity index (χ0n) is 14.5. The molecule has 3 heteroatoms. The molecule has 0 spiro atoms. The lowest BCUT2D eigenvalue weighted by Gasteiger charge is -2.34. The van der Waals surface area contributed by atoms with E-state index >= 15 is 0 Å². The summed E-state index contributed by atoms with van der Waals surface area (Å²) in [6.45, 7) is 7.30. The van der Waals surface area contributed by atoms with E-state index in [4.69, 9.17) is 0 Å². The first kappa shape index (κ1) is 16.5. The number of carbonyl (C=O) groups excluding carboxylic acids is 1. The third-order valence-corrected chi connectivity index (χ3v) is 5.51. The average Bonchev–Trinajstić information content (AvgIpc) is 2.86. The molecule has 0 aliphatic carbocycles. The maximum absolute atomic E-state index is 12.7. The third-order valence-electron chi connectivity index (χ3n) is 5.51. The molecule has 1 aromatic carbocycles. The number of hydrogen-bond acceptors (Lipinski definition) is 2. The molecule has 0 radical (unpaired) electrons. The lowest BCUT2D eigenvalue weighted by atomic mass is 9.94. The van der Waals surface area contributed by atoms with E-state index < -0.39 is 0 Å². The van der Waals surface area contributed by atoms with Gasteiger partial charge in [0.25, 0.3) is 0 Å². The van der Waals surface area contributed by atoms with Gasteiger partial charge in [-0.15, -0.1) is 0 Å². The summed E-state index contributed by atoms with van der Waals surface area (Å²) in [5.74, 6) is 0.698. The highest BCUT2D eigenvalue weighted by Gasteiger charge is 2.28. The molecular weight excluding hydrogens is 284 g/mol. The van der Waals surface area contributed by atoms with Gasteiger partial charge in [0, 0.05) is 25.6 Å². The molecule has 2 aliphatic heterocycles. The van der Waals surface area contributed by atoms with Crippen molar-refractivity contribution in [1.82, 2.24) is 9.80 Å². The lowest BCUT2D eigenvalue weighted by molar-refractivity contribution is -0.137. The smallest absolute Gasteiger partial charge is 0.225 e. The van der Waals surface area contributed by atoms with E-state index in [9.17, 15) is 4.79 Å². The van der Waals surface area contributed by atoms with Gasteiger partial charge >= 0.3 is 0 Å². The molecule has 3 nitrogen and oxygen atoms in total. The quantitative estimate of drug-likeness (QED) is 0.851. The van der Waals surface area contributed by atoms with E-state index in [2.05, 4.69) is 41.0 Å². The summed E-state index contributed by atoms with van der Waals surface area (Å²) in [6.07, 6.45) is 7.02. The predicted molar refractivity (Wildman–Crippen MR) is 94.2 cm³/mol. The fraction of sp³-hybridized carbons (Fsp3) is 0.650. The summed E-state index contributed by atoms with van der Waals surface area (Å²) >= 11 is 0. The Hall–Kier alpha value is -1.35. The van der Waals surface area contributed by atoms with Crippen molar-refractivity contribution in [3.63, 3.8) is 0 Å². The van der Waals surface area contributed by atoms with Gasteiger partial charge in [0.05, 0.1) is 0 Å². The van der Waals surface area contributed by atoms with Crippen LogP contribution in [0.25, 0.3) is 0 Å². The normalized spacial score (nSPS) is 21.2. The average molecular weight is 314 g/mol. The molecule has 126 valence electrons. The van der Waals surface area contributed by atoms with Crippen LogP contribution < -0.4 is 0 Å². The second kappa shape index (κ2) is 7.96. The van der Waals surface area contributed by atoms with Crippen molar-refractivity contribution in [3.8, 4) is 0 Å². The largest absolute Gasteiger partial charge is 0.342 e. The van der Waals surface area contributed by atoms with Crippen LogP contribution in [0.4, 0.5) is 0 Å². The zero-order chi connectivity index (χ0) is 16.1. The van der Waals surface area contributed by atoms with Crippen LogP contribution in [0.2, 0.25) is 0 Å². The minimum absolute atomic E-state index is 0.265. The van der Waals surface area contributed by atoms with Crippen molar-refractivity contribution in [1.29, 1.82) is 0 Å². The monoisotopic (exact) mass is 314 g/mol. The van der Waals surface area contributed by atoms with Crippen LogP contribution in [0, 0.1) is 12.8 Å². The molecule has 2 saturated heterocycles. The highest BCUT2D eigenvalue weighted by atomic mass is 16.2. The Labute approximate surface area is 140 Å². The van der Waals surface area contributed by atoms with Crippen molar-refractivity contribution in [2.45, 2.75) is 52.0 Å². The van der Waals surface area contributed by atoms with Crippen molar-refractivity contribution in [2.24, 2.45) is 5.92 Å². The number of nitrogens with zero attached hydrogens (tertiary/aromatic N) is 2. The number of carbonyl (C=O) groups is 1. The first-order valence-electron chi connectivity index (χ1n) is 9.29. The highest BCUT2D eigenvalue weighted by molar-refractivity contribution is 5.79. The molecule has 1 amide bonds. The van der Waals surface area contributed by atoms with Crippen molar-refractivity contribution >= 4 is 5.91 Å². The second-order valence-corrected chi connectivity index (χ2v) is 7.22. The summed E-state index contributed by atoms with van der Waals surface area (Å²) in [5.41, 5.74) is 2.79. The lowest BCUT2D eigenvalue weighted by Crippen LogP contribution is -2.42. The number of likely N-dealkylation sites (tertiary alicyclic amines) is 2. The van der Waals surface area contributed by atoms with Crippen LogP contribution in [-0.2, 0) is 11.3 Å². The molecule has 0 atom stereocenters. The van der Waals surface area contributed by atoms with Crippen molar-refractivity contribution in [2.75, 3.05) is 26.2 Å². The van der Waals surface area contributed by atoms with Gasteiger partial charge in [-0.3, -0.25) is 9.69 Å². The molecule has 0 unspecified atom stereocenters. The minimum Gasteiger partial charge on any atom is -0.342 e. The van der Waals surface area contributed by atoms with E-state index in [1.165, 1.54) is 36.8 Å². The highest BCUT2D eigenvalue weighted by Crippen LogP contribution is 2.23. The number of hydrogen-bond donors (Lipinski definition) is 0. The number of benzene rings is 1. The molecule has 3 rings (SSSR count). The molecule has 23 heavy (non-hydrogen) atoms. The van der Waals surface area contributed by atoms with Crippen LogP contribution in [0.1, 0.15) is 49.7 Å². The first-order valence-corrected chi connectivity index (χ1v) is 9.29. The molecule has 0 bridgehead atoms. The summed E-state index contributed by atoms with van der Waals surface area (Å²) in [7, 11) is 0. The van der Waals surface area contributed by atoms with Crippen LogP contribution >= 0.6 is 0 Å². The Morgan fingerprint density at radius 3 is 2.30 bits per heavy atom. The van der Waals surface area contributed by atoms with Gasteiger partial charge in [0.15, 0.2) is 0 Å². The maximum atomic E-state index is 12.7. The van der Waals surface area contributed by atoms with Crippen LogP contribution in [0.3, 0.4) is 0 Å². The van der Waals surface area contributed by atoms with E-state index in [0.29, 0.717) is 5.91 Å². The molecule has 2 aliphatic rings. The van der Waals surface area contributed by atoms with E-state index in [1.54, 1.807) is 0 Å². The molecule has 0 N–H and O–H groups in total. The fourth-order valence-electron chi connectivity index (χ4n) is 3.92. The standard InChI is InChI=1S/C20H30N2O/c1-17-8-4-5-9-19(17)16-21-14-10-18(11-15-21)20(23)22-12-6-2-3-7-13-22/h4-5,8-9,18H,2-3,6-7,10-16H2,1H3. The summed E-state index contributed by atoms with van der Waals surface area (Å²) < 4.78 is 0. The Balaban J connectivity index is 1.50. The topological polar surface area (TPSA) is 23.6 Å². The zero-order valence-corrected chi connectivity index (χ0v) is 14.5. The summed E-state index contributed by atoms with van der Waals surface area (Å²) in [4.78, 5) is 17.4. The Bertz CT molecular complexity index is 512. The first-order chi connectivity index (χ1) is 11.2. The second-order valence-electron chi connectivity index (χ2n) is 7.22. The molecular formula is C20H30N2O. The summed E-state index contributed by atoms with van der Waals surface area (Å²) in [5, 5.41) is 0. The SMILES string of the molecule is Cc1ccccc1CN1CCC(C(=O)N2CCCCCC2)CC1. The number of rotatable bonds is 3. The van der Waals surface area contributed by atoms with Gasteiger partial charge in [0.1, 0.15) is 0 Å². The van der Waals surface area contributed by atoms with Gasteiger partial charge < -0.3 is 4.90 Å². The number of aryl methyl sites for hydroxylation is 1. The molecule has 2 heterocycles. The number of piperidine rings is 1. The third kappa shape index (κ3) is 4.35. The van der Waals surface area contributed by atoms with E-state index in [0.717, 1.165) is 45.6 Å². The van der Waals surface area contributed by atoms with E-state index in [-0.39, 0.29) is 5.92 Å². The number of amides is 1.